The molecule has 0 amide bonds. The summed E-state index contributed by atoms with van der Waals surface area (Å²) in [5.41, 5.74) is 0.507. The van der Waals surface area contributed by atoms with E-state index in [1.54, 1.807) is 12.1 Å². The molecule has 1 aromatic carbocycles. The molecule has 82 valence electrons. The first-order valence-corrected chi connectivity index (χ1v) is 4.69. The van der Waals surface area contributed by atoms with E-state index in [0.29, 0.717) is 17.9 Å². The highest BCUT2D eigenvalue weighted by Crippen LogP contribution is 2.23. The predicted octanol–water partition coefficient (Wildman–Crippen LogP) is 1.51. The molecule has 0 aliphatic rings. The zero-order valence-corrected chi connectivity index (χ0v) is 8.82. The van der Waals surface area contributed by atoms with Gasteiger partial charge in [0.2, 0.25) is 0 Å². The highest BCUT2D eigenvalue weighted by Gasteiger charge is 2.08. The standard InChI is InChI=1S/C11H14O4/c1-3-15-9-4-5-10(12)8(6-9)7-11(13)14-2/h4-6,12H,3,7H2,1-2H3. The molecule has 0 fully saturated rings. The molecule has 15 heavy (non-hydrogen) atoms. The van der Waals surface area contributed by atoms with E-state index in [9.17, 15) is 9.90 Å². The Balaban J connectivity index is 2.85. The summed E-state index contributed by atoms with van der Waals surface area (Å²) in [7, 11) is 1.31. The molecule has 1 N–H and O–H groups in total. The summed E-state index contributed by atoms with van der Waals surface area (Å²) in [5, 5.41) is 9.48. The molecule has 0 aromatic heterocycles. The Hall–Kier alpha value is -1.71. The Labute approximate surface area is 88.4 Å². The zero-order valence-electron chi connectivity index (χ0n) is 8.82. The van der Waals surface area contributed by atoms with Crippen LogP contribution in [0.15, 0.2) is 18.2 Å². The minimum atomic E-state index is -0.390. The largest absolute Gasteiger partial charge is 0.508 e. The summed E-state index contributed by atoms with van der Waals surface area (Å²) in [6, 6.07) is 4.79. The molecule has 0 spiro atoms. The maximum Gasteiger partial charge on any atom is 0.310 e. The van der Waals surface area contributed by atoms with Crippen LogP contribution in [0.5, 0.6) is 11.5 Å². The Morgan fingerprint density at radius 2 is 2.20 bits per heavy atom. The van der Waals surface area contributed by atoms with E-state index in [2.05, 4.69) is 4.74 Å². The number of ether oxygens (including phenoxy) is 2. The van der Waals surface area contributed by atoms with Crippen LogP contribution in [0.3, 0.4) is 0 Å². The molecule has 0 saturated heterocycles. The fraction of sp³-hybridized carbons (Fsp3) is 0.364. The molecule has 0 saturated carbocycles. The van der Waals surface area contributed by atoms with Gasteiger partial charge in [0, 0.05) is 5.56 Å². The number of phenols is 1. The van der Waals surface area contributed by atoms with Gasteiger partial charge in [0.25, 0.3) is 0 Å². The lowest BCUT2D eigenvalue weighted by molar-refractivity contribution is -0.139. The first-order chi connectivity index (χ1) is 7.17. The van der Waals surface area contributed by atoms with E-state index in [0.717, 1.165) is 0 Å². The van der Waals surface area contributed by atoms with Crippen LogP contribution < -0.4 is 4.74 Å². The smallest absolute Gasteiger partial charge is 0.310 e. The number of rotatable bonds is 4. The molecule has 4 nitrogen and oxygen atoms in total. The quantitative estimate of drug-likeness (QED) is 0.765. The average molecular weight is 210 g/mol. The van der Waals surface area contributed by atoms with Gasteiger partial charge in [-0.25, -0.2) is 0 Å². The van der Waals surface area contributed by atoms with Crippen LogP contribution in [-0.4, -0.2) is 24.8 Å². The topological polar surface area (TPSA) is 55.8 Å². The van der Waals surface area contributed by atoms with Crippen LogP contribution in [0.4, 0.5) is 0 Å². The summed E-state index contributed by atoms with van der Waals surface area (Å²) >= 11 is 0. The normalized spacial score (nSPS) is 9.73. The monoisotopic (exact) mass is 210 g/mol. The molecular formula is C11H14O4. The third kappa shape index (κ3) is 3.16. The Kier molecular flexibility index (Phi) is 3.97. The maximum absolute atomic E-state index is 11.0. The van der Waals surface area contributed by atoms with Gasteiger partial charge < -0.3 is 14.6 Å². The number of carbonyl (C=O) groups is 1. The van der Waals surface area contributed by atoms with Crippen molar-refractivity contribution in [2.24, 2.45) is 0 Å². The minimum Gasteiger partial charge on any atom is -0.508 e. The second-order valence-corrected chi connectivity index (χ2v) is 2.98. The van der Waals surface area contributed by atoms with E-state index < -0.39 is 0 Å². The first-order valence-electron chi connectivity index (χ1n) is 4.69. The van der Waals surface area contributed by atoms with Crippen LogP contribution in [0.25, 0.3) is 0 Å². The lowest BCUT2D eigenvalue weighted by Crippen LogP contribution is -2.05. The van der Waals surface area contributed by atoms with Crippen molar-refractivity contribution in [3.63, 3.8) is 0 Å². The molecule has 0 atom stereocenters. The van der Waals surface area contributed by atoms with Gasteiger partial charge >= 0.3 is 5.97 Å². The van der Waals surface area contributed by atoms with Crippen molar-refractivity contribution in [1.82, 2.24) is 0 Å². The van der Waals surface area contributed by atoms with Crippen molar-refractivity contribution in [1.29, 1.82) is 0 Å². The lowest BCUT2D eigenvalue weighted by Gasteiger charge is -2.07. The molecule has 0 aliphatic carbocycles. The highest BCUT2D eigenvalue weighted by molar-refractivity contribution is 5.73. The second kappa shape index (κ2) is 5.24. The molecule has 1 rings (SSSR count). The van der Waals surface area contributed by atoms with Crippen molar-refractivity contribution >= 4 is 5.97 Å². The maximum atomic E-state index is 11.0. The predicted molar refractivity (Wildman–Crippen MR) is 55.0 cm³/mol. The van der Waals surface area contributed by atoms with E-state index in [-0.39, 0.29) is 18.1 Å². The summed E-state index contributed by atoms with van der Waals surface area (Å²) in [4.78, 5) is 11.0. The van der Waals surface area contributed by atoms with E-state index in [4.69, 9.17) is 4.74 Å². The first kappa shape index (κ1) is 11.4. The molecule has 0 aliphatic heterocycles. The minimum absolute atomic E-state index is 0.0449. The van der Waals surface area contributed by atoms with Gasteiger partial charge in [0.15, 0.2) is 0 Å². The summed E-state index contributed by atoms with van der Waals surface area (Å²) in [5.74, 6) is 0.317. The number of benzene rings is 1. The van der Waals surface area contributed by atoms with Gasteiger partial charge in [0.1, 0.15) is 11.5 Å². The van der Waals surface area contributed by atoms with E-state index in [1.165, 1.54) is 13.2 Å². The van der Waals surface area contributed by atoms with Crippen LogP contribution in [0, 0.1) is 0 Å². The van der Waals surface area contributed by atoms with Gasteiger partial charge in [-0.15, -0.1) is 0 Å². The number of hydrogen-bond acceptors (Lipinski definition) is 4. The van der Waals surface area contributed by atoms with E-state index in [1.807, 2.05) is 6.92 Å². The van der Waals surface area contributed by atoms with Crippen molar-refractivity contribution in [3.05, 3.63) is 23.8 Å². The molecule has 0 heterocycles. The van der Waals surface area contributed by atoms with Gasteiger partial charge in [-0.3, -0.25) is 4.79 Å². The fourth-order valence-electron chi connectivity index (χ4n) is 1.19. The van der Waals surface area contributed by atoms with Crippen LogP contribution in [0.1, 0.15) is 12.5 Å². The number of hydrogen-bond donors (Lipinski definition) is 1. The molecule has 1 aromatic rings. The number of esters is 1. The van der Waals surface area contributed by atoms with Crippen molar-refractivity contribution in [2.75, 3.05) is 13.7 Å². The highest BCUT2D eigenvalue weighted by atomic mass is 16.5. The van der Waals surface area contributed by atoms with Crippen LogP contribution in [-0.2, 0) is 16.0 Å². The SMILES string of the molecule is CCOc1ccc(O)c(CC(=O)OC)c1. The Morgan fingerprint density at radius 3 is 2.80 bits per heavy atom. The summed E-state index contributed by atoms with van der Waals surface area (Å²) in [6.07, 6.45) is 0.0449. The molecule has 0 radical (unpaired) electrons. The number of methoxy groups -OCH3 is 1. The fourth-order valence-corrected chi connectivity index (χ4v) is 1.19. The van der Waals surface area contributed by atoms with Gasteiger partial charge in [0.05, 0.1) is 20.1 Å². The van der Waals surface area contributed by atoms with Gasteiger partial charge in [-0.1, -0.05) is 0 Å². The number of phenolic OH excluding ortho intramolecular Hbond substituents is 1. The summed E-state index contributed by atoms with van der Waals surface area (Å²) < 4.78 is 9.77. The average Bonchev–Trinajstić information content (AvgIpc) is 2.23. The number of carbonyl (C=O) groups excluding carboxylic acids is 1. The van der Waals surface area contributed by atoms with E-state index >= 15 is 0 Å². The van der Waals surface area contributed by atoms with Gasteiger partial charge in [-0.2, -0.15) is 0 Å². The van der Waals surface area contributed by atoms with Crippen LogP contribution >= 0.6 is 0 Å². The van der Waals surface area contributed by atoms with Gasteiger partial charge in [-0.05, 0) is 25.1 Å². The zero-order chi connectivity index (χ0) is 11.3. The second-order valence-electron chi connectivity index (χ2n) is 2.98. The van der Waals surface area contributed by atoms with Crippen molar-refractivity contribution in [2.45, 2.75) is 13.3 Å². The third-order valence-corrected chi connectivity index (χ3v) is 1.92. The molecule has 0 unspecified atom stereocenters. The van der Waals surface area contributed by atoms with Crippen molar-refractivity contribution < 1.29 is 19.4 Å². The third-order valence-electron chi connectivity index (χ3n) is 1.92. The Bertz CT molecular complexity index is 346. The number of aromatic hydroxyl groups is 1. The molecular weight excluding hydrogens is 196 g/mol. The molecule has 0 bridgehead atoms. The molecule has 4 heteroatoms. The van der Waals surface area contributed by atoms with Crippen molar-refractivity contribution in [3.8, 4) is 11.5 Å². The van der Waals surface area contributed by atoms with Crippen LogP contribution in [0.2, 0.25) is 0 Å². The summed E-state index contributed by atoms with van der Waals surface area (Å²) in [6.45, 7) is 2.41. The Morgan fingerprint density at radius 1 is 1.47 bits per heavy atom. The lowest BCUT2D eigenvalue weighted by atomic mass is 10.1.